The lowest BCUT2D eigenvalue weighted by Gasteiger charge is -2.62. The first-order valence-electron chi connectivity index (χ1n) is 26.7. The number of Topliss-reactive ketones (excluding diaryl/α,β-unsaturated/α-hetero) is 1. The predicted octanol–water partition coefficient (Wildman–Crippen LogP) is 3.28. The number of hydrogen-bond acceptors (Lipinski definition) is 21. The third kappa shape index (κ3) is 14.7. The highest BCUT2D eigenvalue weighted by molar-refractivity contribution is 8.13. The zero-order chi connectivity index (χ0) is 58.2. The van der Waals surface area contributed by atoms with E-state index in [0.29, 0.717) is 30.1 Å². The molecule has 5 fully saturated rings. The van der Waals surface area contributed by atoms with Crippen molar-refractivity contribution in [1.82, 2.24) is 30.2 Å². The van der Waals surface area contributed by atoms with E-state index < -0.39 is 90.5 Å². The highest BCUT2D eigenvalue weighted by Crippen LogP contribution is 2.68. The van der Waals surface area contributed by atoms with Crippen molar-refractivity contribution in [3.05, 3.63) is 12.7 Å². The number of fused-ring (bicyclic) bond motifs is 6. The maximum Gasteiger partial charge on any atom is 0.481 e. The van der Waals surface area contributed by atoms with Crippen molar-refractivity contribution in [2.24, 2.45) is 57.7 Å². The molecule has 1 aliphatic heterocycles. The third-order valence-corrected chi connectivity index (χ3v) is 22.0. The number of aliphatic hydroxyl groups is 4. The van der Waals surface area contributed by atoms with Gasteiger partial charge in [0.2, 0.25) is 11.8 Å². The molecule has 7 rings (SSSR count). The average Bonchev–Trinajstić information content (AvgIpc) is 4.03. The summed E-state index contributed by atoms with van der Waals surface area (Å²) in [6, 6.07) is 0. The van der Waals surface area contributed by atoms with Crippen LogP contribution in [0, 0.1) is 57.7 Å². The van der Waals surface area contributed by atoms with E-state index in [4.69, 9.17) is 19.5 Å². The van der Waals surface area contributed by atoms with Gasteiger partial charge in [0.1, 0.15) is 42.0 Å². The predicted molar refractivity (Wildman–Crippen MR) is 282 cm³/mol. The second kappa shape index (κ2) is 25.2. The molecule has 4 aliphatic carbocycles. The molecule has 0 radical (unpaired) electrons. The van der Waals surface area contributed by atoms with Crippen LogP contribution in [0.15, 0.2) is 12.7 Å². The van der Waals surface area contributed by atoms with Gasteiger partial charge in [-0.25, -0.2) is 28.6 Å². The van der Waals surface area contributed by atoms with Crippen molar-refractivity contribution in [2.45, 2.75) is 155 Å². The molecule has 2 unspecified atom stereocenters. The van der Waals surface area contributed by atoms with E-state index in [1.165, 1.54) is 13.8 Å². The van der Waals surface area contributed by atoms with Crippen LogP contribution in [-0.4, -0.2) is 151 Å². The average molecular weight is 1200 g/mol. The lowest BCUT2D eigenvalue weighted by Crippen LogP contribution is -2.58. The summed E-state index contributed by atoms with van der Waals surface area (Å²) in [5.74, 6) is -0.152. The fraction of sp³-hybridized carbons (Fsp3) is 0.812. The zero-order valence-electron chi connectivity index (χ0n) is 45.1. The number of carbonyl (C=O) groups is 4. The number of carbonyl (C=O) groups excluding carboxylic acids is 4. The number of nitrogens with one attached hydrogen (secondary N) is 2. The van der Waals surface area contributed by atoms with Crippen molar-refractivity contribution < 1.29 is 95.5 Å². The Balaban J connectivity index is 0.774. The molecule has 12 N–H and O–H groups in total. The van der Waals surface area contributed by atoms with Gasteiger partial charge in [0.25, 0.3) is 0 Å². The van der Waals surface area contributed by atoms with Crippen LogP contribution in [0.25, 0.3) is 11.2 Å². The fourth-order valence-corrected chi connectivity index (χ4v) is 17.1. The number of nitrogens with two attached hydrogens (primary N) is 1. The number of ether oxygens (including phenoxy) is 1. The second-order valence-corrected chi connectivity index (χ2v) is 28.7. The van der Waals surface area contributed by atoms with Crippen LogP contribution >= 0.6 is 35.2 Å². The number of anilines is 1. The molecular formula is C48H78N7O20P3S. The van der Waals surface area contributed by atoms with E-state index in [1.54, 1.807) is 6.92 Å². The number of nitrogens with zero attached hydrogens (tertiary/aromatic N) is 4. The molecular weight excluding hydrogens is 1120 g/mol. The quantitative estimate of drug-likeness (QED) is 0.0386. The molecule has 27 nitrogen and oxygen atoms in total. The minimum Gasteiger partial charge on any atom is -0.393 e. The number of imidazole rings is 1. The first-order chi connectivity index (χ1) is 36.8. The van der Waals surface area contributed by atoms with Gasteiger partial charge >= 0.3 is 23.5 Å². The van der Waals surface area contributed by atoms with Crippen LogP contribution in [0.1, 0.15) is 118 Å². The smallest absolute Gasteiger partial charge is 0.393 e. The first-order valence-corrected chi connectivity index (χ1v) is 32.2. The van der Waals surface area contributed by atoms with Gasteiger partial charge in [0, 0.05) is 37.1 Å². The van der Waals surface area contributed by atoms with Crippen LogP contribution in [0.4, 0.5) is 5.82 Å². The van der Waals surface area contributed by atoms with Crippen LogP contribution < -0.4 is 16.4 Å². The second-order valence-electron chi connectivity index (χ2n) is 23.4. The van der Waals surface area contributed by atoms with Crippen molar-refractivity contribution in [3.8, 4) is 0 Å². The Bertz CT molecular complexity index is 2690. The Hall–Kier alpha value is -2.85. The number of hydrogen-bond donors (Lipinski definition) is 11. The van der Waals surface area contributed by atoms with Gasteiger partial charge in [0.05, 0.1) is 37.7 Å². The Labute approximate surface area is 462 Å². The number of nitrogen functional groups attached to an aromatic ring is 1. The normalized spacial score (nSPS) is 33.6. The minimum atomic E-state index is -5.61. The van der Waals surface area contributed by atoms with Crippen LogP contribution in [0.2, 0.25) is 0 Å². The molecule has 1 saturated heterocycles. The van der Waals surface area contributed by atoms with Crippen molar-refractivity contribution >= 4 is 74.9 Å². The lowest BCUT2D eigenvalue weighted by atomic mass is 9.43. The highest BCUT2D eigenvalue weighted by atomic mass is 32.2. The molecule has 446 valence electrons. The number of rotatable bonds is 25. The number of ketones is 1. The van der Waals surface area contributed by atoms with Crippen LogP contribution in [0.5, 0.6) is 0 Å². The summed E-state index contributed by atoms with van der Waals surface area (Å²) in [5.41, 5.74) is 4.45. The van der Waals surface area contributed by atoms with Crippen LogP contribution in [-0.2, 0) is 55.5 Å². The number of amides is 2. The highest BCUT2D eigenvalue weighted by Gasteiger charge is 2.63. The molecule has 0 bridgehead atoms. The van der Waals surface area contributed by atoms with Gasteiger partial charge < -0.3 is 61.1 Å². The molecule has 0 spiro atoms. The van der Waals surface area contributed by atoms with Crippen molar-refractivity contribution in [2.75, 3.05) is 37.8 Å². The first kappa shape index (κ1) is 63.7. The Morgan fingerprint density at radius 3 is 2.30 bits per heavy atom. The van der Waals surface area contributed by atoms with Crippen molar-refractivity contribution in [3.63, 3.8) is 0 Å². The molecule has 79 heavy (non-hydrogen) atoms. The maximum absolute atomic E-state index is 13.3. The van der Waals surface area contributed by atoms with Gasteiger partial charge in [-0.3, -0.25) is 37.3 Å². The van der Waals surface area contributed by atoms with E-state index in [-0.39, 0.29) is 94.4 Å². The van der Waals surface area contributed by atoms with E-state index in [1.807, 2.05) is 0 Å². The summed E-state index contributed by atoms with van der Waals surface area (Å²) in [6.07, 6.45) is 0.890. The summed E-state index contributed by atoms with van der Waals surface area (Å²) in [7, 11) is -16.5. The van der Waals surface area contributed by atoms with Gasteiger partial charge in [-0.2, -0.15) is 4.31 Å². The monoisotopic (exact) mass is 1200 g/mol. The van der Waals surface area contributed by atoms with E-state index in [9.17, 15) is 72.9 Å². The fourth-order valence-electron chi connectivity index (χ4n) is 13.5. The molecule has 4 saturated carbocycles. The SMILES string of the molecule is C[C@@H](C(=O)CC[C@@H](C)[C@H]1CC[C@H]2[C@@H]3[C@H](O)C[C@@H]4C[C@H](O)CC[C@]4(C)[C@H]3CC[C@]12C)C(=O)SCCNC(=O)CCNC(=O)[C@H](O)C(C)(C)COP(=O)(O)OP(=O)(O)OC[C@H]1O[C@@H](n2cnc3c(N)ncnc32)[C@H](O)[C@@H]1OP(=O)(O)O. The summed E-state index contributed by atoms with van der Waals surface area (Å²) < 4.78 is 62.7. The Kier molecular flexibility index (Phi) is 20.3. The van der Waals surface area contributed by atoms with Crippen LogP contribution in [0.3, 0.4) is 0 Å². The minimum absolute atomic E-state index is 0.0217. The van der Waals surface area contributed by atoms with Gasteiger partial charge in [-0.15, -0.1) is 0 Å². The largest absolute Gasteiger partial charge is 0.481 e. The standard InChI is InChI=1S/C48H78N7O20P3S/c1-25(29-8-9-30-36-31(12-15-48(29,30)6)47(5)14-11-28(56)19-27(47)20-33(36)58)7-10-32(57)26(2)45(63)79-18-17-50-35(59)13-16-51-43(62)40(61)46(3,4)22-72-78(69,70)75-77(67,68)71-21-34-39(74-76(64,65)66)38(60)44(73-34)55-24-54-37-41(49)52-23-53-42(37)55/h23-31,33-34,36,38-40,44,56,58,60-61H,7-22H2,1-6H3,(H,50,59)(H,51,62)(H,67,68)(H,69,70)(H2,49,52,53)(H2,64,65,66)/t25-,26+,27+,28-,29-,30+,31+,33-,34-,36+,38-,39-,40+,44-,47+,48-/m1/s1. The number of thioether (sulfide) groups is 1. The summed E-state index contributed by atoms with van der Waals surface area (Å²) in [4.78, 5) is 103. The van der Waals surface area contributed by atoms with Crippen molar-refractivity contribution in [1.29, 1.82) is 0 Å². The van der Waals surface area contributed by atoms with Gasteiger partial charge in [0.15, 0.2) is 22.8 Å². The Morgan fingerprint density at radius 1 is 0.911 bits per heavy atom. The number of phosphoric acid groups is 3. The summed E-state index contributed by atoms with van der Waals surface area (Å²) in [6.45, 7) is 8.89. The molecule has 5 aliphatic rings. The molecule has 0 aromatic carbocycles. The molecule has 31 heteroatoms. The topological polar surface area (TPSA) is 421 Å². The molecule has 3 heterocycles. The molecule has 2 aromatic heterocycles. The van der Waals surface area contributed by atoms with E-state index in [0.717, 1.165) is 80.4 Å². The molecule has 2 amide bonds. The summed E-state index contributed by atoms with van der Waals surface area (Å²) >= 11 is 0.940. The zero-order valence-corrected chi connectivity index (χ0v) is 48.6. The number of phosphoric ester groups is 3. The third-order valence-electron chi connectivity index (χ3n) is 17.8. The number of aliphatic hydroxyl groups excluding tert-OH is 4. The summed E-state index contributed by atoms with van der Waals surface area (Å²) in [5, 5.41) is 48.4. The molecule has 18 atom stereocenters. The van der Waals surface area contributed by atoms with Gasteiger partial charge in [-0.05, 0) is 111 Å². The number of aromatic nitrogens is 4. The van der Waals surface area contributed by atoms with Gasteiger partial charge in [-0.1, -0.05) is 46.4 Å². The maximum atomic E-state index is 13.3. The molecule has 2 aromatic rings. The van der Waals surface area contributed by atoms with E-state index >= 15 is 0 Å². The Morgan fingerprint density at radius 2 is 1.59 bits per heavy atom. The van der Waals surface area contributed by atoms with E-state index in [2.05, 4.69) is 55.2 Å². The lowest BCUT2D eigenvalue weighted by molar-refractivity contribution is -0.174.